The summed E-state index contributed by atoms with van der Waals surface area (Å²) in [5.74, 6) is -0.296. The van der Waals surface area contributed by atoms with Gasteiger partial charge in [0.15, 0.2) is 11.6 Å². The number of rotatable bonds is 3. The average molecular weight is 320 g/mol. The first-order chi connectivity index (χ1) is 10.9. The average Bonchev–Trinajstić information content (AvgIpc) is 3.02. The summed E-state index contributed by atoms with van der Waals surface area (Å²) < 4.78 is 4.98. The van der Waals surface area contributed by atoms with Gasteiger partial charge in [0.1, 0.15) is 17.3 Å². The van der Waals surface area contributed by atoms with E-state index in [0.717, 1.165) is 18.2 Å². The van der Waals surface area contributed by atoms with Gasteiger partial charge in [0, 0.05) is 12.5 Å². The first-order valence-corrected chi connectivity index (χ1v) is 7.47. The van der Waals surface area contributed by atoms with Crippen LogP contribution in [0.5, 0.6) is 11.5 Å². The van der Waals surface area contributed by atoms with Crippen molar-refractivity contribution >= 4 is 11.6 Å². The van der Waals surface area contributed by atoms with Gasteiger partial charge >= 0.3 is 0 Å². The molecule has 0 aliphatic heterocycles. The molecule has 0 radical (unpaired) electrons. The van der Waals surface area contributed by atoms with Crippen LogP contribution in [0.3, 0.4) is 0 Å². The lowest BCUT2D eigenvalue weighted by Crippen LogP contribution is -1.99. The van der Waals surface area contributed by atoms with Crippen LogP contribution in [0, 0.1) is 0 Å². The van der Waals surface area contributed by atoms with Gasteiger partial charge in [0.2, 0.25) is 0 Å². The standard InChI is InChI=1S/C10H10O4.C6H8O.C2H6/c1-5(11)7-3-8(6(2)12)10(14)4-9(7)13;1-2-6-4-3-5-7-6;1-2/h3-4,13-14H,1-2H3;3-5H,2H2,1H3;1-2H3. The number of carbonyl (C=O) groups is 2. The highest BCUT2D eigenvalue weighted by atomic mass is 16.3. The minimum absolute atomic E-state index is 0.0352. The SMILES string of the molecule is CC.CC(=O)c1cc(C(C)=O)c(O)cc1O.CCc1ccco1. The summed E-state index contributed by atoms with van der Waals surface area (Å²) in [5.41, 5.74) is 0.0704. The maximum absolute atomic E-state index is 11.0. The first kappa shape index (κ1) is 20.4. The Morgan fingerprint density at radius 1 is 1.00 bits per heavy atom. The molecule has 2 N–H and O–H groups in total. The normalized spacial score (nSPS) is 9.09. The number of hydrogen-bond acceptors (Lipinski definition) is 5. The summed E-state index contributed by atoms with van der Waals surface area (Å²) in [6.07, 6.45) is 2.69. The number of aryl methyl sites for hydroxylation is 1. The van der Waals surface area contributed by atoms with E-state index in [1.165, 1.54) is 19.9 Å². The summed E-state index contributed by atoms with van der Waals surface area (Å²) in [6, 6.07) is 6.06. The summed E-state index contributed by atoms with van der Waals surface area (Å²) in [7, 11) is 0. The van der Waals surface area contributed by atoms with Gasteiger partial charge in [0.05, 0.1) is 17.4 Å². The van der Waals surface area contributed by atoms with Crippen LogP contribution in [0.1, 0.15) is 61.1 Å². The number of hydrogen-bond donors (Lipinski definition) is 2. The van der Waals surface area contributed by atoms with E-state index in [1.807, 2.05) is 26.0 Å². The molecule has 1 aromatic carbocycles. The third-order valence-corrected chi connectivity index (χ3v) is 2.80. The second-order valence-electron chi connectivity index (χ2n) is 4.43. The van der Waals surface area contributed by atoms with Gasteiger partial charge in [-0.05, 0) is 32.0 Å². The van der Waals surface area contributed by atoms with Crippen molar-refractivity contribution in [2.45, 2.75) is 41.0 Å². The lowest BCUT2D eigenvalue weighted by Gasteiger charge is -2.05. The number of benzene rings is 1. The molecule has 0 aliphatic carbocycles. The molecular formula is C18H24O5. The molecule has 0 saturated heterocycles. The maximum atomic E-state index is 11.0. The number of phenolic OH excluding ortho intramolecular Hbond substituents is 2. The molecule has 0 fully saturated rings. The topological polar surface area (TPSA) is 87.7 Å². The molecule has 2 rings (SSSR count). The molecule has 0 spiro atoms. The molecule has 0 saturated carbocycles. The second-order valence-corrected chi connectivity index (χ2v) is 4.43. The van der Waals surface area contributed by atoms with E-state index in [4.69, 9.17) is 4.42 Å². The molecule has 5 nitrogen and oxygen atoms in total. The Balaban J connectivity index is 0.000000449. The van der Waals surface area contributed by atoms with Crippen LogP contribution in [0.25, 0.3) is 0 Å². The molecule has 5 heteroatoms. The molecule has 0 atom stereocenters. The van der Waals surface area contributed by atoms with E-state index >= 15 is 0 Å². The number of furan rings is 1. The van der Waals surface area contributed by atoms with E-state index in [-0.39, 0.29) is 34.2 Å². The molecule has 0 bridgehead atoms. The van der Waals surface area contributed by atoms with Gasteiger partial charge < -0.3 is 14.6 Å². The summed E-state index contributed by atoms with van der Waals surface area (Å²) in [6.45, 7) is 8.62. The predicted octanol–water partition coefficient (Wildman–Crippen LogP) is 4.37. The maximum Gasteiger partial charge on any atom is 0.163 e. The van der Waals surface area contributed by atoms with Gasteiger partial charge in [-0.15, -0.1) is 0 Å². The Morgan fingerprint density at radius 3 is 1.74 bits per heavy atom. The highest BCUT2D eigenvalue weighted by Crippen LogP contribution is 2.27. The van der Waals surface area contributed by atoms with Crippen LogP contribution < -0.4 is 0 Å². The summed E-state index contributed by atoms with van der Waals surface area (Å²) >= 11 is 0. The van der Waals surface area contributed by atoms with Gasteiger partial charge in [-0.2, -0.15) is 0 Å². The molecule has 0 unspecified atom stereocenters. The lowest BCUT2D eigenvalue weighted by molar-refractivity contribution is 0.101. The van der Waals surface area contributed by atoms with Crippen LogP contribution in [-0.4, -0.2) is 21.8 Å². The lowest BCUT2D eigenvalue weighted by atomic mass is 10.0. The molecule has 2 aromatic rings. The van der Waals surface area contributed by atoms with E-state index in [9.17, 15) is 19.8 Å². The minimum atomic E-state index is -0.356. The molecule has 126 valence electrons. The quantitative estimate of drug-likeness (QED) is 0.820. The number of phenols is 2. The van der Waals surface area contributed by atoms with Crippen LogP contribution in [-0.2, 0) is 6.42 Å². The largest absolute Gasteiger partial charge is 0.507 e. The second kappa shape index (κ2) is 10.2. The third kappa shape index (κ3) is 6.38. The van der Waals surface area contributed by atoms with Gasteiger partial charge in [-0.3, -0.25) is 9.59 Å². The Kier molecular flexibility index (Phi) is 9.08. The Labute approximate surface area is 136 Å². The molecule has 0 aliphatic rings. The predicted molar refractivity (Wildman–Crippen MR) is 89.2 cm³/mol. The smallest absolute Gasteiger partial charge is 0.163 e. The highest BCUT2D eigenvalue weighted by molar-refractivity contribution is 6.03. The van der Waals surface area contributed by atoms with Crippen LogP contribution in [0.15, 0.2) is 34.9 Å². The zero-order valence-corrected chi connectivity index (χ0v) is 14.2. The molecule has 1 heterocycles. The molecular weight excluding hydrogens is 296 g/mol. The van der Waals surface area contributed by atoms with Crippen molar-refractivity contribution in [3.05, 3.63) is 47.4 Å². The van der Waals surface area contributed by atoms with E-state index in [2.05, 4.69) is 6.92 Å². The fraction of sp³-hybridized carbons (Fsp3) is 0.333. The number of Topliss-reactive ketones (excluding diaryl/α,β-unsaturated/α-hetero) is 2. The van der Waals surface area contributed by atoms with Gasteiger partial charge in [-0.1, -0.05) is 20.8 Å². The van der Waals surface area contributed by atoms with Crippen molar-refractivity contribution in [1.82, 2.24) is 0 Å². The Bertz CT molecular complexity index is 592. The fourth-order valence-corrected chi connectivity index (χ4v) is 1.65. The third-order valence-electron chi connectivity index (χ3n) is 2.80. The van der Waals surface area contributed by atoms with Crippen LogP contribution in [0.2, 0.25) is 0 Å². The molecule has 0 amide bonds. The van der Waals surface area contributed by atoms with Gasteiger partial charge in [0.25, 0.3) is 0 Å². The summed E-state index contributed by atoms with van der Waals surface area (Å²) in [5, 5.41) is 18.6. The zero-order chi connectivity index (χ0) is 18.0. The fourth-order valence-electron chi connectivity index (χ4n) is 1.65. The molecule has 23 heavy (non-hydrogen) atoms. The highest BCUT2D eigenvalue weighted by Gasteiger charge is 2.14. The molecule has 1 aromatic heterocycles. The van der Waals surface area contributed by atoms with Crippen LogP contribution in [0.4, 0.5) is 0 Å². The van der Waals surface area contributed by atoms with Crippen LogP contribution >= 0.6 is 0 Å². The Hall–Kier alpha value is -2.56. The van der Waals surface area contributed by atoms with E-state index in [0.29, 0.717) is 0 Å². The van der Waals surface area contributed by atoms with Crippen molar-refractivity contribution in [2.75, 3.05) is 0 Å². The number of aromatic hydroxyl groups is 2. The number of carbonyl (C=O) groups excluding carboxylic acids is 2. The van der Waals surface area contributed by atoms with E-state index < -0.39 is 0 Å². The van der Waals surface area contributed by atoms with Gasteiger partial charge in [-0.25, -0.2) is 0 Å². The van der Waals surface area contributed by atoms with Crippen molar-refractivity contribution in [2.24, 2.45) is 0 Å². The van der Waals surface area contributed by atoms with Crippen molar-refractivity contribution in [3.63, 3.8) is 0 Å². The first-order valence-electron chi connectivity index (χ1n) is 7.47. The van der Waals surface area contributed by atoms with E-state index in [1.54, 1.807) is 6.26 Å². The number of ketones is 2. The summed E-state index contributed by atoms with van der Waals surface area (Å²) in [4.78, 5) is 22.0. The van der Waals surface area contributed by atoms with Crippen molar-refractivity contribution < 1.29 is 24.2 Å². The van der Waals surface area contributed by atoms with Crippen molar-refractivity contribution in [3.8, 4) is 11.5 Å². The Morgan fingerprint density at radius 2 is 1.48 bits per heavy atom. The minimum Gasteiger partial charge on any atom is -0.507 e. The zero-order valence-electron chi connectivity index (χ0n) is 14.2. The monoisotopic (exact) mass is 320 g/mol. The van der Waals surface area contributed by atoms with Crippen molar-refractivity contribution in [1.29, 1.82) is 0 Å².